The van der Waals surface area contributed by atoms with Gasteiger partial charge in [0.1, 0.15) is 0 Å². The molecule has 1 amide bonds. The third kappa shape index (κ3) is 3.83. The molecule has 1 rings (SSSR count). The Balaban J connectivity index is 3.02. The molecule has 9 nitrogen and oxygen atoms in total. The molecule has 1 fully saturated rings. The number of rotatable bonds is 4. The first-order valence-corrected chi connectivity index (χ1v) is 6.06. The second kappa shape index (κ2) is 5.98. The van der Waals surface area contributed by atoms with Crippen molar-refractivity contribution >= 4 is 24.0 Å². The standard InChI is InChI=1S/C12H17NO8/c1-12(2,3)10(17)20-7(9(16)19-4)6-5(8(14)15)13-11(18)21-6/h5-7H,1-4H3,(H,13,18)(H,14,15)/t5-,6-,7-/m0/s1. The predicted molar refractivity (Wildman–Crippen MR) is 66.2 cm³/mol. The number of hydrogen-bond acceptors (Lipinski definition) is 7. The number of carboxylic acids is 1. The second-order valence-electron chi connectivity index (χ2n) is 5.43. The van der Waals surface area contributed by atoms with E-state index in [1.165, 1.54) is 0 Å². The van der Waals surface area contributed by atoms with E-state index in [0.717, 1.165) is 7.11 Å². The maximum absolute atomic E-state index is 11.9. The van der Waals surface area contributed by atoms with Crippen molar-refractivity contribution in [2.24, 2.45) is 5.41 Å². The fourth-order valence-corrected chi connectivity index (χ4v) is 1.53. The van der Waals surface area contributed by atoms with E-state index in [4.69, 9.17) is 14.6 Å². The van der Waals surface area contributed by atoms with Crippen molar-refractivity contribution in [3.8, 4) is 0 Å². The van der Waals surface area contributed by atoms with Gasteiger partial charge < -0.3 is 24.6 Å². The third-order valence-corrected chi connectivity index (χ3v) is 2.69. The van der Waals surface area contributed by atoms with Crippen LogP contribution in [-0.4, -0.2) is 54.5 Å². The zero-order valence-electron chi connectivity index (χ0n) is 12.0. The molecule has 1 aliphatic heterocycles. The van der Waals surface area contributed by atoms with Gasteiger partial charge in [-0.3, -0.25) is 4.79 Å². The number of cyclic esters (lactones) is 1. The molecule has 0 unspecified atom stereocenters. The van der Waals surface area contributed by atoms with Gasteiger partial charge in [-0.1, -0.05) is 0 Å². The molecule has 3 atom stereocenters. The Bertz CT molecular complexity index is 466. The maximum atomic E-state index is 11.9. The van der Waals surface area contributed by atoms with Crippen LogP contribution in [0.1, 0.15) is 20.8 Å². The van der Waals surface area contributed by atoms with Gasteiger partial charge in [0.25, 0.3) is 0 Å². The summed E-state index contributed by atoms with van der Waals surface area (Å²) in [6.45, 7) is 4.66. The summed E-state index contributed by atoms with van der Waals surface area (Å²) < 4.78 is 14.2. The van der Waals surface area contributed by atoms with Crippen molar-refractivity contribution < 1.29 is 38.5 Å². The molecule has 1 aliphatic rings. The van der Waals surface area contributed by atoms with Gasteiger partial charge in [0.15, 0.2) is 12.1 Å². The predicted octanol–water partition coefficient (Wildman–Crippen LogP) is -0.321. The van der Waals surface area contributed by atoms with E-state index in [0.29, 0.717) is 0 Å². The van der Waals surface area contributed by atoms with Gasteiger partial charge in [0.05, 0.1) is 12.5 Å². The number of methoxy groups -OCH3 is 1. The van der Waals surface area contributed by atoms with Gasteiger partial charge >= 0.3 is 24.0 Å². The van der Waals surface area contributed by atoms with Crippen LogP contribution in [0.3, 0.4) is 0 Å². The molecular formula is C12H17NO8. The molecule has 0 aromatic rings. The van der Waals surface area contributed by atoms with Crippen LogP contribution in [0, 0.1) is 5.41 Å². The fraction of sp³-hybridized carbons (Fsp3) is 0.667. The minimum Gasteiger partial charge on any atom is -0.480 e. The first kappa shape index (κ1) is 16.7. The maximum Gasteiger partial charge on any atom is 0.408 e. The smallest absolute Gasteiger partial charge is 0.408 e. The summed E-state index contributed by atoms with van der Waals surface area (Å²) in [5.41, 5.74) is -0.930. The molecule has 0 saturated carbocycles. The van der Waals surface area contributed by atoms with Crippen molar-refractivity contribution in [3.05, 3.63) is 0 Å². The number of hydrogen-bond donors (Lipinski definition) is 2. The van der Waals surface area contributed by atoms with Crippen molar-refractivity contribution in [2.45, 2.75) is 39.0 Å². The Hall–Kier alpha value is -2.32. The Morgan fingerprint density at radius 1 is 1.33 bits per heavy atom. The summed E-state index contributed by atoms with van der Waals surface area (Å²) in [6.07, 6.45) is -4.19. The van der Waals surface area contributed by atoms with Crippen LogP contribution in [-0.2, 0) is 28.6 Å². The number of nitrogens with one attached hydrogen (secondary N) is 1. The topological polar surface area (TPSA) is 128 Å². The molecule has 0 aliphatic carbocycles. The Labute approximate surface area is 120 Å². The Kier molecular flexibility index (Phi) is 4.77. The largest absolute Gasteiger partial charge is 0.480 e. The summed E-state index contributed by atoms with van der Waals surface area (Å²) in [5, 5.41) is 11.0. The highest BCUT2D eigenvalue weighted by molar-refractivity contribution is 5.88. The van der Waals surface area contributed by atoms with Crippen molar-refractivity contribution in [2.75, 3.05) is 7.11 Å². The molecule has 118 valence electrons. The lowest BCUT2D eigenvalue weighted by Gasteiger charge is -2.25. The van der Waals surface area contributed by atoms with Crippen LogP contribution in [0.15, 0.2) is 0 Å². The average molecular weight is 303 g/mol. The highest BCUT2D eigenvalue weighted by atomic mass is 16.6. The number of carbonyl (C=O) groups excluding carboxylic acids is 3. The molecule has 2 N–H and O–H groups in total. The number of carbonyl (C=O) groups is 4. The second-order valence-corrected chi connectivity index (χ2v) is 5.43. The molecule has 0 aromatic carbocycles. The van der Waals surface area contributed by atoms with Crippen LogP contribution in [0.4, 0.5) is 4.79 Å². The van der Waals surface area contributed by atoms with E-state index in [9.17, 15) is 19.2 Å². The highest BCUT2D eigenvalue weighted by Crippen LogP contribution is 2.22. The number of carboxylic acid groups (broad SMARTS) is 1. The minimum atomic E-state index is -1.67. The lowest BCUT2D eigenvalue weighted by atomic mass is 9.97. The van der Waals surface area contributed by atoms with E-state index in [1.807, 2.05) is 5.32 Å². The molecule has 0 aromatic heterocycles. The van der Waals surface area contributed by atoms with Crippen molar-refractivity contribution in [1.82, 2.24) is 5.32 Å². The average Bonchev–Trinajstić information content (AvgIpc) is 2.75. The number of aliphatic carboxylic acids is 1. The summed E-state index contributed by atoms with van der Waals surface area (Å²) in [4.78, 5) is 45.8. The zero-order chi connectivity index (χ0) is 16.4. The van der Waals surface area contributed by atoms with E-state index < -0.39 is 47.7 Å². The first-order chi connectivity index (χ1) is 9.57. The summed E-state index contributed by atoms with van der Waals surface area (Å²) >= 11 is 0. The summed E-state index contributed by atoms with van der Waals surface area (Å²) in [5.74, 6) is -3.20. The van der Waals surface area contributed by atoms with Crippen molar-refractivity contribution in [3.63, 3.8) is 0 Å². The molecule has 0 spiro atoms. The number of amides is 1. The number of ether oxygens (including phenoxy) is 3. The van der Waals surface area contributed by atoms with Crippen LogP contribution in [0.25, 0.3) is 0 Å². The van der Waals surface area contributed by atoms with Crippen molar-refractivity contribution in [1.29, 1.82) is 0 Å². The SMILES string of the molecule is COC(=O)[C@@H](OC(=O)C(C)(C)C)[C@H]1OC(=O)N[C@@H]1C(=O)O. The molecule has 21 heavy (non-hydrogen) atoms. The molecular weight excluding hydrogens is 286 g/mol. The van der Waals surface area contributed by atoms with Gasteiger partial charge in [-0.15, -0.1) is 0 Å². The molecule has 1 heterocycles. The molecule has 0 bridgehead atoms. The summed E-state index contributed by atoms with van der Waals surface area (Å²) in [6, 6.07) is -1.52. The van der Waals surface area contributed by atoms with Gasteiger partial charge in [0, 0.05) is 0 Å². The minimum absolute atomic E-state index is 0.759. The number of esters is 2. The Morgan fingerprint density at radius 2 is 1.90 bits per heavy atom. The number of alkyl carbamates (subject to hydrolysis) is 1. The Morgan fingerprint density at radius 3 is 2.33 bits per heavy atom. The summed E-state index contributed by atoms with van der Waals surface area (Å²) in [7, 11) is 1.04. The third-order valence-electron chi connectivity index (χ3n) is 2.69. The van der Waals surface area contributed by atoms with Gasteiger partial charge in [-0.25, -0.2) is 14.4 Å². The van der Waals surface area contributed by atoms with Gasteiger partial charge in [-0.05, 0) is 20.8 Å². The van der Waals surface area contributed by atoms with E-state index in [1.54, 1.807) is 20.8 Å². The quantitative estimate of drug-likeness (QED) is 0.534. The molecule has 0 radical (unpaired) electrons. The van der Waals surface area contributed by atoms with Gasteiger partial charge in [-0.2, -0.15) is 0 Å². The van der Waals surface area contributed by atoms with E-state index >= 15 is 0 Å². The van der Waals surface area contributed by atoms with Crippen LogP contribution in [0.5, 0.6) is 0 Å². The highest BCUT2D eigenvalue weighted by Gasteiger charge is 2.50. The monoisotopic (exact) mass is 303 g/mol. The van der Waals surface area contributed by atoms with Crippen LogP contribution < -0.4 is 5.32 Å². The fourth-order valence-electron chi connectivity index (χ4n) is 1.53. The lowest BCUT2D eigenvalue weighted by Crippen LogP contribution is -2.50. The van der Waals surface area contributed by atoms with E-state index in [-0.39, 0.29) is 0 Å². The first-order valence-electron chi connectivity index (χ1n) is 6.06. The van der Waals surface area contributed by atoms with Crippen LogP contribution >= 0.6 is 0 Å². The van der Waals surface area contributed by atoms with Gasteiger partial charge in [0.2, 0.25) is 6.10 Å². The molecule has 1 saturated heterocycles. The normalized spacial score (nSPS) is 22.8. The molecule has 9 heteroatoms. The zero-order valence-corrected chi connectivity index (χ0v) is 12.0. The van der Waals surface area contributed by atoms with E-state index in [2.05, 4.69) is 4.74 Å². The lowest BCUT2D eigenvalue weighted by molar-refractivity contribution is -0.179. The van der Waals surface area contributed by atoms with Crippen LogP contribution in [0.2, 0.25) is 0 Å².